The lowest BCUT2D eigenvalue weighted by Crippen LogP contribution is -1.94. The monoisotopic (exact) mass is 246 g/mol. The second-order valence-corrected chi connectivity index (χ2v) is 5.07. The molecule has 1 heterocycles. The minimum absolute atomic E-state index is 0.527. The van der Waals surface area contributed by atoms with Gasteiger partial charge < -0.3 is 5.73 Å². The molecule has 0 atom stereocenters. The molecule has 1 aromatic carbocycles. The van der Waals surface area contributed by atoms with E-state index in [0.29, 0.717) is 6.54 Å². The zero-order chi connectivity index (χ0) is 12.1. The number of benzene rings is 1. The second kappa shape index (κ2) is 5.94. The first-order valence-corrected chi connectivity index (χ1v) is 6.95. The molecule has 0 unspecified atom stereocenters. The van der Waals surface area contributed by atoms with Crippen molar-refractivity contribution in [3.63, 3.8) is 0 Å². The van der Waals surface area contributed by atoms with E-state index in [-0.39, 0.29) is 0 Å². The van der Waals surface area contributed by atoms with E-state index in [2.05, 4.69) is 41.6 Å². The molecular weight excluding hydrogens is 228 g/mol. The third-order valence-electron chi connectivity index (χ3n) is 2.80. The zero-order valence-electron chi connectivity index (χ0n) is 10.1. The van der Waals surface area contributed by atoms with E-state index in [1.54, 1.807) is 11.3 Å². The van der Waals surface area contributed by atoms with E-state index in [4.69, 9.17) is 5.73 Å². The van der Waals surface area contributed by atoms with Crippen LogP contribution in [0.15, 0.2) is 29.6 Å². The lowest BCUT2D eigenvalue weighted by atomic mass is 10.1. The molecular formula is C14H18N2S. The van der Waals surface area contributed by atoms with Crippen molar-refractivity contribution < 1.29 is 0 Å². The third-order valence-corrected chi connectivity index (χ3v) is 3.67. The molecule has 0 aliphatic carbocycles. The van der Waals surface area contributed by atoms with E-state index in [9.17, 15) is 0 Å². The lowest BCUT2D eigenvalue weighted by Gasteiger charge is -2.01. The van der Waals surface area contributed by atoms with E-state index in [0.717, 1.165) is 10.7 Å². The van der Waals surface area contributed by atoms with Crippen molar-refractivity contribution in [3.8, 4) is 11.3 Å². The highest BCUT2D eigenvalue weighted by atomic mass is 32.1. The average molecular weight is 246 g/mol. The summed E-state index contributed by atoms with van der Waals surface area (Å²) in [6.45, 7) is 2.75. The van der Waals surface area contributed by atoms with Crippen LogP contribution in [-0.4, -0.2) is 4.98 Å². The first kappa shape index (κ1) is 12.3. The summed E-state index contributed by atoms with van der Waals surface area (Å²) in [7, 11) is 0. The maximum atomic E-state index is 5.57. The molecule has 17 heavy (non-hydrogen) atoms. The first-order chi connectivity index (χ1) is 8.33. The highest BCUT2D eigenvalue weighted by molar-refractivity contribution is 7.09. The summed E-state index contributed by atoms with van der Waals surface area (Å²) in [5.41, 5.74) is 9.20. The summed E-state index contributed by atoms with van der Waals surface area (Å²) in [5.74, 6) is 0. The molecule has 0 spiro atoms. The van der Waals surface area contributed by atoms with Gasteiger partial charge in [-0.3, -0.25) is 0 Å². The fourth-order valence-corrected chi connectivity index (χ4v) is 2.44. The Balaban J connectivity index is 2.11. The van der Waals surface area contributed by atoms with Crippen molar-refractivity contribution in [2.75, 3.05) is 0 Å². The van der Waals surface area contributed by atoms with Crippen molar-refractivity contribution in [2.45, 2.75) is 32.7 Å². The molecule has 2 N–H and O–H groups in total. The lowest BCUT2D eigenvalue weighted by molar-refractivity contribution is 0.795. The number of unbranched alkanes of at least 4 members (excludes halogenated alkanes) is 1. The first-order valence-electron chi connectivity index (χ1n) is 6.07. The van der Waals surface area contributed by atoms with Crippen LogP contribution in [-0.2, 0) is 13.0 Å². The van der Waals surface area contributed by atoms with Crippen molar-refractivity contribution in [1.82, 2.24) is 4.98 Å². The third kappa shape index (κ3) is 3.14. The summed E-state index contributed by atoms with van der Waals surface area (Å²) in [6, 6.07) is 8.71. The van der Waals surface area contributed by atoms with Crippen LogP contribution >= 0.6 is 11.3 Å². The molecule has 3 heteroatoms. The highest BCUT2D eigenvalue weighted by Crippen LogP contribution is 2.22. The smallest absolute Gasteiger partial charge is 0.107 e. The minimum atomic E-state index is 0.527. The largest absolute Gasteiger partial charge is 0.325 e. The van der Waals surface area contributed by atoms with Crippen LogP contribution in [0, 0.1) is 0 Å². The number of hydrogen-bond donors (Lipinski definition) is 1. The van der Waals surface area contributed by atoms with Gasteiger partial charge in [-0.2, -0.15) is 0 Å². The van der Waals surface area contributed by atoms with E-state index >= 15 is 0 Å². The van der Waals surface area contributed by atoms with Gasteiger partial charge in [0.05, 0.1) is 5.69 Å². The van der Waals surface area contributed by atoms with Crippen molar-refractivity contribution in [3.05, 3.63) is 40.2 Å². The maximum Gasteiger partial charge on any atom is 0.107 e. The van der Waals surface area contributed by atoms with Crippen LogP contribution in [0.5, 0.6) is 0 Å². The van der Waals surface area contributed by atoms with Gasteiger partial charge in [0.15, 0.2) is 0 Å². The summed E-state index contributed by atoms with van der Waals surface area (Å²) >= 11 is 1.63. The Bertz CT molecular complexity index is 459. The molecule has 1 aromatic heterocycles. The molecule has 0 saturated carbocycles. The maximum absolute atomic E-state index is 5.57. The Hall–Kier alpha value is -1.19. The number of hydrogen-bond acceptors (Lipinski definition) is 3. The quantitative estimate of drug-likeness (QED) is 0.875. The van der Waals surface area contributed by atoms with Gasteiger partial charge in [-0.05, 0) is 18.4 Å². The van der Waals surface area contributed by atoms with Crippen LogP contribution in [0.3, 0.4) is 0 Å². The number of nitrogens with zero attached hydrogens (tertiary/aromatic N) is 1. The molecule has 90 valence electrons. The number of rotatable bonds is 5. The predicted molar refractivity (Wildman–Crippen MR) is 74.1 cm³/mol. The van der Waals surface area contributed by atoms with Gasteiger partial charge in [0.2, 0.25) is 0 Å². The van der Waals surface area contributed by atoms with E-state index in [1.165, 1.54) is 30.4 Å². The van der Waals surface area contributed by atoms with Gasteiger partial charge in [0.1, 0.15) is 5.01 Å². The SMILES string of the molecule is CCCCc1ccc(-c2csc(CN)n2)cc1. The molecule has 0 amide bonds. The molecule has 0 saturated heterocycles. The molecule has 0 radical (unpaired) electrons. The molecule has 0 fully saturated rings. The normalized spacial score (nSPS) is 10.7. The Labute approximate surface area is 107 Å². The van der Waals surface area contributed by atoms with Crippen LogP contribution in [0.25, 0.3) is 11.3 Å². The van der Waals surface area contributed by atoms with Crippen molar-refractivity contribution >= 4 is 11.3 Å². The standard InChI is InChI=1S/C14H18N2S/c1-2-3-4-11-5-7-12(8-6-11)13-10-17-14(9-15)16-13/h5-8,10H,2-4,9,15H2,1H3. The molecule has 0 aliphatic rings. The molecule has 0 aliphatic heterocycles. The zero-order valence-corrected chi connectivity index (χ0v) is 11.0. The summed E-state index contributed by atoms with van der Waals surface area (Å²) < 4.78 is 0. The number of aryl methyl sites for hydroxylation is 1. The Morgan fingerprint density at radius 3 is 2.59 bits per heavy atom. The average Bonchev–Trinajstić information content (AvgIpc) is 2.86. The van der Waals surface area contributed by atoms with Crippen LogP contribution in [0.2, 0.25) is 0 Å². The number of aromatic nitrogens is 1. The van der Waals surface area contributed by atoms with Crippen molar-refractivity contribution in [2.24, 2.45) is 5.73 Å². The Kier molecular flexibility index (Phi) is 4.29. The molecule has 2 rings (SSSR count). The van der Waals surface area contributed by atoms with Gasteiger partial charge in [0, 0.05) is 17.5 Å². The Morgan fingerprint density at radius 1 is 1.24 bits per heavy atom. The minimum Gasteiger partial charge on any atom is -0.325 e. The second-order valence-electron chi connectivity index (χ2n) is 4.13. The topological polar surface area (TPSA) is 38.9 Å². The van der Waals surface area contributed by atoms with Gasteiger partial charge in [-0.1, -0.05) is 37.6 Å². The van der Waals surface area contributed by atoms with Gasteiger partial charge in [-0.25, -0.2) is 4.98 Å². The van der Waals surface area contributed by atoms with Crippen LogP contribution in [0.1, 0.15) is 30.3 Å². The van der Waals surface area contributed by atoms with Crippen molar-refractivity contribution in [1.29, 1.82) is 0 Å². The Morgan fingerprint density at radius 2 is 2.00 bits per heavy atom. The molecule has 0 bridgehead atoms. The van der Waals surface area contributed by atoms with Gasteiger partial charge >= 0.3 is 0 Å². The van der Waals surface area contributed by atoms with E-state index in [1.807, 2.05) is 0 Å². The fourth-order valence-electron chi connectivity index (χ4n) is 1.76. The van der Waals surface area contributed by atoms with Crippen LogP contribution < -0.4 is 5.73 Å². The number of nitrogens with two attached hydrogens (primary N) is 1. The summed E-state index contributed by atoms with van der Waals surface area (Å²) in [4.78, 5) is 4.48. The van der Waals surface area contributed by atoms with Crippen LogP contribution in [0.4, 0.5) is 0 Å². The highest BCUT2D eigenvalue weighted by Gasteiger charge is 2.03. The number of thiazole rings is 1. The van der Waals surface area contributed by atoms with Gasteiger partial charge in [-0.15, -0.1) is 11.3 Å². The molecule has 2 nitrogen and oxygen atoms in total. The van der Waals surface area contributed by atoms with E-state index < -0.39 is 0 Å². The van der Waals surface area contributed by atoms with Gasteiger partial charge in [0.25, 0.3) is 0 Å². The summed E-state index contributed by atoms with van der Waals surface area (Å²) in [5, 5.41) is 3.07. The summed E-state index contributed by atoms with van der Waals surface area (Å²) in [6.07, 6.45) is 3.67. The molecule has 2 aromatic rings. The predicted octanol–water partition coefficient (Wildman–Crippen LogP) is 3.61. The fraction of sp³-hybridized carbons (Fsp3) is 0.357.